The first-order valence-electron chi connectivity index (χ1n) is 6.75. The van der Waals surface area contributed by atoms with Gasteiger partial charge in [0.25, 0.3) is 0 Å². The number of piperazine rings is 1. The van der Waals surface area contributed by atoms with Gasteiger partial charge in [0, 0.05) is 38.8 Å². The van der Waals surface area contributed by atoms with E-state index in [4.69, 9.17) is 0 Å². The van der Waals surface area contributed by atoms with Crippen LogP contribution < -0.4 is 15.4 Å². The number of benzene rings is 1. The number of nitrogens with zero attached hydrogens (tertiary/aromatic N) is 1. The van der Waals surface area contributed by atoms with Crippen LogP contribution in [0, 0.1) is 6.92 Å². The molecule has 0 spiro atoms. The van der Waals surface area contributed by atoms with E-state index in [1.807, 2.05) is 6.92 Å². The molecule has 3 N–H and O–H groups in total. The summed E-state index contributed by atoms with van der Waals surface area (Å²) in [5.74, 6) is -0.199. The predicted octanol–water partition coefficient (Wildman–Crippen LogP) is 0.515. The summed E-state index contributed by atoms with van der Waals surface area (Å²) in [7, 11) is -3.57. The summed E-state index contributed by atoms with van der Waals surface area (Å²) in [6, 6.07) is 5.12. The second-order valence-corrected chi connectivity index (χ2v) is 6.64. The summed E-state index contributed by atoms with van der Waals surface area (Å²) < 4.78 is 28.7. The first-order valence-corrected chi connectivity index (χ1v) is 8.19. The van der Waals surface area contributed by atoms with Crippen LogP contribution in [0.3, 0.4) is 0 Å². The number of hydrogen-bond acceptors (Lipinski definition) is 4. The maximum Gasteiger partial charge on any atom is 0.301 e. The normalized spacial score (nSPS) is 16.5. The van der Waals surface area contributed by atoms with Crippen LogP contribution in [-0.4, -0.2) is 44.8 Å². The highest BCUT2D eigenvalue weighted by Crippen LogP contribution is 2.22. The third-order valence-corrected chi connectivity index (χ3v) is 4.74. The lowest BCUT2D eigenvalue weighted by atomic mass is 10.2. The summed E-state index contributed by atoms with van der Waals surface area (Å²) in [5.41, 5.74) is 1.83. The van der Waals surface area contributed by atoms with Crippen molar-refractivity contribution in [3.63, 3.8) is 0 Å². The van der Waals surface area contributed by atoms with Crippen molar-refractivity contribution >= 4 is 27.5 Å². The van der Waals surface area contributed by atoms with Crippen molar-refractivity contribution in [3.05, 3.63) is 23.8 Å². The largest absolute Gasteiger partial charge is 0.326 e. The van der Waals surface area contributed by atoms with Crippen molar-refractivity contribution in [2.45, 2.75) is 13.8 Å². The molecule has 1 aliphatic heterocycles. The average Bonchev–Trinajstić information content (AvgIpc) is 2.43. The van der Waals surface area contributed by atoms with Gasteiger partial charge < -0.3 is 10.6 Å². The molecule has 116 valence electrons. The number of carbonyl (C=O) groups is 1. The zero-order valence-electron chi connectivity index (χ0n) is 12.1. The number of amides is 1. The highest BCUT2D eigenvalue weighted by molar-refractivity contribution is 7.90. The van der Waals surface area contributed by atoms with E-state index < -0.39 is 10.2 Å². The second kappa shape index (κ2) is 6.42. The number of aryl methyl sites for hydroxylation is 1. The maximum absolute atomic E-state index is 12.3. The summed E-state index contributed by atoms with van der Waals surface area (Å²) >= 11 is 0. The zero-order valence-corrected chi connectivity index (χ0v) is 13.0. The van der Waals surface area contributed by atoms with Gasteiger partial charge in [0.15, 0.2) is 0 Å². The number of hydrogen-bond donors (Lipinski definition) is 3. The van der Waals surface area contributed by atoms with Crippen LogP contribution >= 0.6 is 0 Å². The van der Waals surface area contributed by atoms with E-state index in [2.05, 4.69) is 15.4 Å². The Morgan fingerprint density at radius 2 is 1.95 bits per heavy atom. The molecule has 0 unspecified atom stereocenters. The topological polar surface area (TPSA) is 90.5 Å². The van der Waals surface area contributed by atoms with Crippen molar-refractivity contribution < 1.29 is 13.2 Å². The molecule has 1 saturated heterocycles. The maximum atomic E-state index is 12.3. The van der Waals surface area contributed by atoms with Gasteiger partial charge in [-0.1, -0.05) is 6.07 Å². The van der Waals surface area contributed by atoms with Crippen LogP contribution in [0.25, 0.3) is 0 Å². The quantitative estimate of drug-likeness (QED) is 0.756. The van der Waals surface area contributed by atoms with Gasteiger partial charge in [0.05, 0.1) is 5.69 Å². The average molecular weight is 312 g/mol. The molecule has 1 aromatic rings. The molecule has 0 radical (unpaired) electrons. The monoisotopic (exact) mass is 312 g/mol. The number of anilines is 2. The highest BCUT2D eigenvalue weighted by Gasteiger charge is 2.24. The molecule has 1 amide bonds. The summed E-state index contributed by atoms with van der Waals surface area (Å²) in [6.45, 7) is 5.40. The molecule has 21 heavy (non-hydrogen) atoms. The van der Waals surface area contributed by atoms with Gasteiger partial charge in [0.1, 0.15) is 0 Å². The molecule has 2 rings (SSSR count). The van der Waals surface area contributed by atoms with E-state index in [9.17, 15) is 13.2 Å². The summed E-state index contributed by atoms with van der Waals surface area (Å²) in [5, 5.41) is 5.75. The van der Waals surface area contributed by atoms with E-state index in [1.54, 1.807) is 18.2 Å². The zero-order chi connectivity index (χ0) is 15.5. The summed E-state index contributed by atoms with van der Waals surface area (Å²) in [6.07, 6.45) is 0. The number of carbonyl (C=O) groups excluding carboxylic acids is 1. The Morgan fingerprint density at radius 3 is 2.57 bits per heavy atom. The second-order valence-electron chi connectivity index (χ2n) is 4.97. The Labute approximate surface area is 124 Å². The van der Waals surface area contributed by atoms with Crippen molar-refractivity contribution in [2.24, 2.45) is 0 Å². The van der Waals surface area contributed by atoms with E-state index >= 15 is 0 Å². The molecule has 0 saturated carbocycles. The van der Waals surface area contributed by atoms with E-state index in [-0.39, 0.29) is 5.91 Å². The Kier molecular flexibility index (Phi) is 4.81. The van der Waals surface area contributed by atoms with Crippen LogP contribution in [0.15, 0.2) is 18.2 Å². The smallest absolute Gasteiger partial charge is 0.301 e. The molecule has 1 aromatic carbocycles. The SMILES string of the molecule is CC(=O)Nc1ccc(C)c(NS(=O)(=O)N2CCNCC2)c1. The molecule has 1 heterocycles. The lowest BCUT2D eigenvalue weighted by Crippen LogP contribution is -2.48. The number of nitrogens with one attached hydrogen (secondary N) is 3. The molecule has 0 atom stereocenters. The van der Waals surface area contributed by atoms with Crippen LogP contribution in [0.5, 0.6) is 0 Å². The minimum absolute atomic E-state index is 0.199. The minimum atomic E-state index is -3.57. The van der Waals surface area contributed by atoms with Crippen molar-refractivity contribution in [2.75, 3.05) is 36.2 Å². The fraction of sp³-hybridized carbons (Fsp3) is 0.462. The van der Waals surface area contributed by atoms with Gasteiger partial charge >= 0.3 is 10.2 Å². The lowest BCUT2D eigenvalue weighted by Gasteiger charge is -2.27. The lowest BCUT2D eigenvalue weighted by molar-refractivity contribution is -0.114. The van der Waals surface area contributed by atoms with Crippen molar-refractivity contribution in [1.29, 1.82) is 0 Å². The van der Waals surface area contributed by atoms with Gasteiger partial charge in [0.2, 0.25) is 5.91 Å². The van der Waals surface area contributed by atoms with E-state index in [0.29, 0.717) is 37.6 Å². The molecular weight excluding hydrogens is 292 g/mol. The molecule has 8 heteroatoms. The molecule has 7 nitrogen and oxygen atoms in total. The van der Waals surface area contributed by atoms with Crippen LogP contribution in [0.2, 0.25) is 0 Å². The Bertz CT molecular complexity index is 624. The standard InChI is InChI=1S/C13H20N4O3S/c1-10-3-4-12(15-11(2)18)9-13(10)16-21(19,20)17-7-5-14-6-8-17/h3-4,9,14,16H,5-8H2,1-2H3,(H,15,18). The first kappa shape index (κ1) is 15.7. The highest BCUT2D eigenvalue weighted by atomic mass is 32.2. The Hall–Kier alpha value is -1.64. The fourth-order valence-electron chi connectivity index (χ4n) is 2.10. The predicted molar refractivity (Wildman–Crippen MR) is 82.5 cm³/mol. The van der Waals surface area contributed by atoms with Crippen LogP contribution in [0.1, 0.15) is 12.5 Å². The molecule has 0 aliphatic carbocycles. The van der Waals surface area contributed by atoms with Gasteiger partial charge in [-0.15, -0.1) is 0 Å². The third kappa shape index (κ3) is 4.16. The van der Waals surface area contributed by atoms with Crippen LogP contribution in [-0.2, 0) is 15.0 Å². The van der Waals surface area contributed by atoms with Crippen molar-refractivity contribution in [1.82, 2.24) is 9.62 Å². The van der Waals surface area contributed by atoms with Gasteiger partial charge in [-0.3, -0.25) is 9.52 Å². The molecular formula is C13H20N4O3S. The minimum Gasteiger partial charge on any atom is -0.326 e. The third-order valence-electron chi connectivity index (χ3n) is 3.21. The van der Waals surface area contributed by atoms with Gasteiger partial charge in [-0.25, -0.2) is 0 Å². The van der Waals surface area contributed by atoms with Gasteiger partial charge in [-0.05, 0) is 24.6 Å². The fourth-order valence-corrected chi connectivity index (χ4v) is 3.39. The molecule has 0 aromatic heterocycles. The molecule has 1 aliphatic rings. The van der Waals surface area contributed by atoms with Gasteiger partial charge in [-0.2, -0.15) is 12.7 Å². The van der Waals surface area contributed by atoms with Crippen LogP contribution in [0.4, 0.5) is 11.4 Å². The van der Waals surface area contributed by atoms with E-state index in [1.165, 1.54) is 11.2 Å². The number of rotatable bonds is 4. The molecule has 1 fully saturated rings. The first-order chi connectivity index (χ1) is 9.88. The van der Waals surface area contributed by atoms with Crippen molar-refractivity contribution in [3.8, 4) is 0 Å². The Morgan fingerprint density at radius 1 is 1.29 bits per heavy atom. The summed E-state index contributed by atoms with van der Waals surface area (Å²) in [4.78, 5) is 11.1. The molecule has 0 bridgehead atoms. The van der Waals surface area contributed by atoms with E-state index in [0.717, 1.165) is 5.56 Å². The Balaban J connectivity index is 2.19.